The molecule has 2 heterocycles. The Morgan fingerprint density at radius 2 is 2.06 bits per heavy atom. The summed E-state index contributed by atoms with van der Waals surface area (Å²) in [7, 11) is 2.18. The maximum atomic E-state index is 14.3. The molecule has 182 valence electrons. The summed E-state index contributed by atoms with van der Waals surface area (Å²) in [6.07, 6.45) is 19.7. The second-order valence-electron chi connectivity index (χ2n) is 10.1. The van der Waals surface area contributed by atoms with Crippen molar-refractivity contribution in [3.63, 3.8) is 0 Å². The van der Waals surface area contributed by atoms with Gasteiger partial charge in [0.25, 0.3) is 0 Å². The van der Waals surface area contributed by atoms with Crippen LogP contribution in [-0.2, 0) is 4.79 Å². The average molecular weight is 589 g/mol. The minimum Gasteiger partial charge on any atom is -0.288 e. The molecule has 2 aliphatic heterocycles. The Hall–Kier alpha value is -0.670. The van der Waals surface area contributed by atoms with Crippen molar-refractivity contribution >= 4 is 40.4 Å². The Balaban J connectivity index is 1.55. The maximum Gasteiger partial charge on any atom is 0.323 e. The molecule has 1 amide bonds. The lowest BCUT2D eigenvalue weighted by Crippen LogP contribution is -2.29. The van der Waals surface area contributed by atoms with E-state index in [1.54, 1.807) is 11.8 Å². The molecule has 3 unspecified atom stereocenters. The molecule has 33 heavy (non-hydrogen) atoms. The zero-order valence-corrected chi connectivity index (χ0v) is 22.6. The summed E-state index contributed by atoms with van der Waals surface area (Å²) in [5.74, 6) is 1.55. The first-order valence-electron chi connectivity index (χ1n) is 12.2. The summed E-state index contributed by atoms with van der Waals surface area (Å²) in [4.78, 5) is 13.5. The van der Waals surface area contributed by atoms with Crippen LogP contribution in [0.25, 0.3) is 0 Å². The summed E-state index contributed by atoms with van der Waals surface area (Å²) in [6, 6.07) is 0. The number of carbonyl (C=O) groups is 1. The molecule has 4 rings (SSSR count). The lowest BCUT2D eigenvalue weighted by atomic mass is 9.76. The van der Waals surface area contributed by atoms with Crippen LogP contribution < -0.4 is 0 Å². The third kappa shape index (κ3) is 6.51. The lowest BCUT2D eigenvalue weighted by molar-refractivity contribution is -0.124. The highest BCUT2D eigenvalue weighted by Crippen LogP contribution is 2.45. The standard InChI is InChI=1S/C26H35F2IN2OS/c1-18(32)31-12-5-8-23(26(27,28)29)24(31)10-9-20-15-21(14-19-6-3-4-7-19)17-22(16-20)25-11-13-30(2)33-25/h5,8,10,12,15,19-20,22,25H,3-4,6-7,9,11,13-14,16-17H2,1-2H3/b24-10-. The molecular formula is C26H35F2IN2OS. The van der Waals surface area contributed by atoms with Gasteiger partial charge in [0.05, 0.1) is 11.3 Å². The van der Waals surface area contributed by atoms with E-state index in [-0.39, 0.29) is 11.5 Å². The summed E-state index contributed by atoms with van der Waals surface area (Å²) in [5, 5.41) is 0.651. The number of carbonyl (C=O) groups excluding carboxylic acids is 1. The van der Waals surface area contributed by atoms with Crippen LogP contribution in [0.4, 0.5) is 8.78 Å². The van der Waals surface area contributed by atoms with Crippen LogP contribution in [0.1, 0.15) is 64.7 Å². The number of allylic oxidation sites excluding steroid dienone is 6. The highest BCUT2D eigenvalue weighted by atomic mass is 127. The van der Waals surface area contributed by atoms with Crippen molar-refractivity contribution in [2.45, 2.75) is 73.9 Å². The van der Waals surface area contributed by atoms with Crippen LogP contribution in [0.2, 0.25) is 0 Å². The zero-order valence-electron chi connectivity index (χ0n) is 19.6. The van der Waals surface area contributed by atoms with Crippen molar-refractivity contribution in [2.75, 3.05) is 13.6 Å². The van der Waals surface area contributed by atoms with Gasteiger partial charge < -0.3 is 0 Å². The van der Waals surface area contributed by atoms with Gasteiger partial charge in [-0.2, -0.15) is 8.78 Å². The molecule has 7 heteroatoms. The molecule has 2 fully saturated rings. The second kappa shape index (κ2) is 10.9. The predicted octanol–water partition coefficient (Wildman–Crippen LogP) is 7.48. The number of hydrogen-bond donors (Lipinski definition) is 0. The van der Waals surface area contributed by atoms with Gasteiger partial charge >= 0.3 is 3.93 Å². The Kier molecular flexibility index (Phi) is 8.43. The molecule has 0 N–H and O–H groups in total. The number of amides is 1. The normalized spacial score (nSPS) is 30.8. The van der Waals surface area contributed by atoms with E-state index in [1.807, 2.05) is 18.0 Å². The Morgan fingerprint density at radius 3 is 2.70 bits per heavy atom. The highest BCUT2D eigenvalue weighted by Gasteiger charge is 2.37. The van der Waals surface area contributed by atoms with Gasteiger partial charge in [-0.25, -0.2) is 0 Å². The van der Waals surface area contributed by atoms with E-state index in [0.29, 0.717) is 29.2 Å². The van der Waals surface area contributed by atoms with E-state index in [9.17, 15) is 13.6 Å². The molecule has 0 radical (unpaired) electrons. The molecule has 0 aromatic heterocycles. The fourth-order valence-corrected chi connectivity index (χ4v) is 7.66. The van der Waals surface area contributed by atoms with Crippen molar-refractivity contribution < 1.29 is 13.6 Å². The van der Waals surface area contributed by atoms with Crippen LogP contribution in [-0.4, -0.2) is 37.9 Å². The van der Waals surface area contributed by atoms with Gasteiger partial charge in [0.2, 0.25) is 5.91 Å². The van der Waals surface area contributed by atoms with E-state index in [4.69, 9.17) is 0 Å². The summed E-state index contributed by atoms with van der Waals surface area (Å²) in [6.45, 7) is 2.57. The van der Waals surface area contributed by atoms with E-state index >= 15 is 0 Å². The van der Waals surface area contributed by atoms with Crippen molar-refractivity contribution in [2.24, 2.45) is 17.8 Å². The van der Waals surface area contributed by atoms with E-state index < -0.39 is 3.93 Å². The summed E-state index contributed by atoms with van der Waals surface area (Å²) >= 11 is 3.16. The monoisotopic (exact) mass is 588 g/mol. The van der Waals surface area contributed by atoms with Crippen molar-refractivity contribution in [1.29, 1.82) is 0 Å². The van der Waals surface area contributed by atoms with Crippen LogP contribution in [0, 0.1) is 17.8 Å². The average Bonchev–Trinajstić information content (AvgIpc) is 3.43. The van der Waals surface area contributed by atoms with Crippen LogP contribution in [0.3, 0.4) is 0 Å². The zero-order chi connectivity index (χ0) is 23.6. The van der Waals surface area contributed by atoms with Gasteiger partial charge in [0.1, 0.15) is 0 Å². The van der Waals surface area contributed by atoms with E-state index in [1.165, 1.54) is 91.5 Å². The Labute approximate surface area is 215 Å². The van der Waals surface area contributed by atoms with Crippen LogP contribution in [0.15, 0.2) is 47.3 Å². The minimum absolute atomic E-state index is 0.0868. The SMILES string of the molecule is CC(=O)N1C=CC=C(C(F)(F)I)/C1=C/CC1C=C(CC2CCCC2)CC(C2CCN(C)S2)C1. The smallest absolute Gasteiger partial charge is 0.288 e. The molecule has 0 bridgehead atoms. The van der Waals surface area contributed by atoms with Gasteiger partial charge in [0, 0.05) is 47.5 Å². The van der Waals surface area contributed by atoms with E-state index in [2.05, 4.69) is 17.4 Å². The largest absolute Gasteiger partial charge is 0.323 e. The molecule has 1 saturated carbocycles. The van der Waals surface area contributed by atoms with Crippen LogP contribution >= 0.6 is 34.5 Å². The fourth-order valence-electron chi connectivity index (χ4n) is 5.94. The van der Waals surface area contributed by atoms with Gasteiger partial charge in [-0.05, 0) is 69.1 Å². The van der Waals surface area contributed by atoms with E-state index in [0.717, 1.165) is 18.9 Å². The Morgan fingerprint density at radius 1 is 1.30 bits per heavy atom. The molecule has 0 aromatic carbocycles. The van der Waals surface area contributed by atoms with Crippen molar-refractivity contribution in [3.05, 3.63) is 47.3 Å². The second-order valence-corrected chi connectivity index (χ2v) is 12.9. The van der Waals surface area contributed by atoms with Gasteiger partial charge in [0.15, 0.2) is 0 Å². The van der Waals surface area contributed by atoms with Crippen molar-refractivity contribution in [1.82, 2.24) is 9.21 Å². The number of halogens is 3. The summed E-state index contributed by atoms with van der Waals surface area (Å²) < 4.78 is 28.0. The highest BCUT2D eigenvalue weighted by molar-refractivity contribution is 14.1. The predicted molar refractivity (Wildman–Crippen MR) is 141 cm³/mol. The van der Waals surface area contributed by atoms with Crippen molar-refractivity contribution in [3.8, 4) is 0 Å². The molecule has 2 aliphatic carbocycles. The third-order valence-corrected chi connectivity index (χ3v) is 9.50. The molecule has 4 aliphatic rings. The quantitative estimate of drug-likeness (QED) is 0.139. The maximum absolute atomic E-state index is 14.3. The number of nitrogens with zero attached hydrogens (tertiary/aromatic N) is 2. The first-order valence-corrected chi connectivity index (χ1v) is 14.2. The molecular weight excluding hydrogens is 553 g/mol. The number of alkyl halides is 3. The fraction of sp³-hybridized carbons (Fsp3) is 0.654. The molecule has 3 nitrogen and oxygen atoms in total. The molecule has 0 spiro atoms. The van der Waals surface area contributed by atoms with Gasteiger partial charge in [-0.15, -0.1) is 0 Å². The number of rotatable bonds is 6. The first-order chi connectivity index (χ1) is 15.7. The molecule has 3 atom stereocenters. The minimum atomic E-state index is -3.02. The Bertz CT molecular complexity index is 857. The van der Waals surface area contributed by atoms with Gasteiger partial charge in [-0.3, -0.25) is 14.0 Å². The topological polar surface area (TPSA) is 23.6 Å². The summed E-state index contributed by atoms with van der Waals surface area (Å²) in [5.41, 5.74) is 1.84. The first kappa shape index (κ1) is 25.4. The number of hydrogen-bond acceptors (Lipinski definition) is 3. The third-order valence-electron chi connectivity index (χ3n) is 7.49. The van der Waals surface area contributed by atoms with Gasteiger partial charge in [-0.1, -0.05) is 55.4 Å². The molecule has 1 saturated heterocycles. The molecule has 0 aromatic rings. The lowest BCUT2D eigenvalue weighted by Gasteiger charge is -2.33. The van der Waals surface area contributed by atoms with Crippen LogP contribution in [0.5, 0.6) is 0 Å².